The van der Waals surface area contributed by atoms with Crippen LogP contribution in [0.3, 0.4) is 0 Å². The molecule has 1 aliphatic carbocycles. The van der Waals surface area contributed by atoms with E-state index in [0.717, 1.165) is 25.7 Å². The SMILES string of the molecule is CC(O)CCNS(=O)(=O)CC1CCCCC1. The Bertz CT molecular complexity index is 282. The summed E-state index contributed by atoms with van der Waals surface area (Å²) in [6, 6.07) is 0. The molecule has 0 heterocycles. The first kappa shape index (κ1) is 13.9. The van der Waals surface area contributed by atoms with E-state index in [-0.39, 0.29) is 5.75 Å². The van der Waals surface area contributed by atoms with Crippen molar-refractivity contribution in [2.45, 2.75) is 51.6 Å². The molecule has 0 aromatic heterocycles. The minimum Gasteiger partial charge on any atom is -0.393 e. The number of nitrogens with one attached hydrogen (secondary N) is 1. The van der Waals surface area contributed by atoms with E-state index in [2.05, 4.69) is 4.72 Å². The second-order valence-electron chi connectivity index (χ2n) is 4.82. The molecule has 96 valence electrons. The molecule has 1 fully saturated rings. The first-order chi connectivity index (χ1) is 7.49. The maximum absolute atomic E-state index is 11.7. The quantitative estimate of drug-likeness (QED) is 0.744. The van der Waals surface area contributed by atoms with Crippen molar-refractivity contribution in [2.75, 3.05) is 12.3 Å². The van der Waals surface area contributed by atoms with E-state index in [1.165, 1.54) is 6.42 Å². The molecule has 2 N–H and O–H groups in total. The average molecular weight is 249 g/mol. The first-order valence-electron chi connectivity index (χ1n) is 6.15. The highest BCUT2D eigenvalue weighted by Gasteiger charge is 2.20. The largest absolute Gasteiger partial charge is 0.393 e. The van der Waals surface area contributed by atoms with Crippen molar-refractivity contribution in [1.82, 2.24) is 4.72 Å². The van der Waals surface area contributed by atoms with Gasteiger partial charge in [0.1, 0.15) is 0 Å². The van der Waals surface area contributed by atoms with Crippen molar-refractivity contribution in [3.8, 4) is 0 Å². The summed E-state index contributed by atoms with van der Waals surface area (Å²) in [4.78, 5) is 0. The zero-order valence-corrected chi connectivity index (χ0v) is 10.8. The van der Waals surface area contributed by atoms with Crippen molar-refractivity contribution >= 4 is 10.0 Å². The van der Waals surface area contributed by atoms with Crippen LogP contribution < -0.4 is 4.72 Å². The number of aliphatic hydroxyl groups excluding tert-OH is 1. The van der Waals surface area contributed by atoms with Gasteiger partial charge in [0.25, 0.3) is 0 Å². The van der Waals surface area contributed by atoms with E-state index in [9.17, 15) is 8.42 Å². The number of rotatable bonds is 6. The lowest BCUT2D eigenvalue weighted by atomic mass is 9.91. The Morgan fingerprint density at radius 3 is 2.50 bits per heavy atom. The molecule has 0 aromatic carbocycles. The summed E-state index contributed by atoms with van der Waals surface area (Å²) in [5.41, 5.74) is 0. The molecule has 0 saturated heterocycles. The van der Waals surface area contributed by atoms with Crippen LogP contribution in [0.2, 0.25) is 0 Å². The molecule has 0 aliphatic heterocycles. The Balaban J connectivity index is 2.27. The van der Waals surface area contributed by atoms with Crippen LogP contribution in [-0.2, 0) is 10.0 Å². The van der Waals surface area contributed by atoms with Crippen molar-refractivity contribution in [2.24, 2.45) is 5.92 Å². The van der Waals surface area contributed by atoms with E-state index in [0.29, 0.717) is 18.9 Å². The van der Waals surface area contributed by atoms with Gasteiger partial charge in [-0.25, -0.2) is 13.1 Å². The fourth-order valence-electron chi connectivity index (χ4n) is 2.15. The van der Waals surface area contributed by atoms with Gasteiger partial charge in [-0.1, -0.05) is 19.3 Å². The van der Waals surface area contributed by atoms with E-state index in [1.807, 2.05) is 0 Å². The second kappa shape index (κ2) is 6.57. The zero-order chi connectivity index (χ0) is 12.0. The normalized spacial score (nSPS) is 20.9. The van der Waals surface area contributed by atoms with E-state index in [1.54, 1.807) is 6.92 Å². The minimum absolute atomic E-state index is 0.257. The molecule has 1 saturated carbocycles. The van der Waals surface area contributed by atoms with Crippen molar-refractivity contribution in [3.63, 3.8) is 0 Å². The van der Waals surface area contributed by atoms with Gasteiger partial charge in [-0.3, -0.25) is 0 Å². The van der Waals surface area contributed by atoms with Gasteiger partial charge in [0.05, 0.1) is 11.9 Å². The monoisotopic (exact) mass is 249 g/mol. The number of aliphatic hydroxyl groups is 1. The summed E-state index contributed by atoms with van der Waals surface area (Å²) in [7, 11) is -3.14. The Kier molecular flexibility index (Phi) is 5.72. The molecule has 0 spiro atoms. The van der Waals surface area contributed by atoms with Gasteiger partial charge in [0, 0.05) is 6.54 Å². The lowest BCUT2D eigenvalue weighted by molar-refractivity contribution is 0.186. The molecule has 1 unspecified atom stereocenters. The van der Waals surface area contributed by atoms with E-state index in [4.69, 9.17) is 5.11 Å². The molecule has 0 aromatic rings. The number of hydrogen-bond donors (Lipinski definition) is 2. The highest BCUT2D eigenvalue weighted by atomic mass is 32.2. The number of sulfonamides is 1. The molecule has 1 rings (SSSR count). The summed E-state index contributed by atoms with van der Waals surface area (Å²) in [6.07, 6.45) is 5.67. The predicted octanol–water partition coefficient (Wildman–Crippen LogP) is 1.26. The summed E-state index contributed by atoms with van der Waals surface area (Å²) in [6.45, 7) is 2.00. The van der Waals surface area contributed by atoms with Gasteiger partial charge in [-0.15, -0.1) is 0 Å². The standard InChI is InChI=1S/C11H23NO3S/c1-10(13)7-8-12-16(14,15)9-11-5-3-2-4-6-11/h10-13H,2-9H2,1H3. The Morgan fingerprint density at radius 1 is 1.31 bits per heavy atom. The maximum atomic E-state index is 11.7. The van der Waals surface area contributed by atoms with Crippen molar-refractivity contribution < 1.29 is 13.5 Å². The highest BCUT2D eigenvalue weighted by Crippen LogP contribution is 2.24. The molecule has 0 radical (unpaired) electrons. The second-order valence-corrected chi connectivity index (χ2v) is 6.67. The Hall–Kier alpha value is -0.130. The lowest BCUT2D eigenvalue weighted by Gasteiger charge is -2.21. The minimum atomic E-state index is -3.14. The van der Waals surface area contributed by atoms with Crippen LogP contribution in [-0.4, -0.2) is 31.9 Å². The summed E-state index contributed by atoms with van der Waals surface area (Å²) in [5, 5.41) is 9.04. The van der Waals surface area contributed by atoms with Crippen LogP contribution in [0, 0.1) is 5.92 Å². The molecule has 4 nitrogen and oxygen atoms in total. The summed E-state index contributed by atoms with van der Waals surface area (Å²) in [5.74, 6) is 0.588. The van der Waals surface area contributed by atoms with Crippen LogP contribution in [0.15, 0.2) is 0 Å². The van der Waals surface area contributed by atoms with Gasteiger partial charge in [0.2, 0.25) is 10.0 Å². The highest BCUT2D eigenvalue weighted by molar-refractivity contribution is 7.89. The molecule has 1 aliphatic rings. The lowest BCUT2D eigenvalue weighted by Crippen LogP contribution is -2.32. The average Bonchev–Trinajstić information content (AvgIpc) is 2.17. The third-order valence-electron chi connectivity index (χ3n) is 3.06. The maximum Gasteiger partial charge on any atom is 0.211 e. The smallest absolute Gasteiger partial charge is 0.211 e. The molecule has 0 amide bonds. The van der Waals surface area contributed by atoms with Gasteiger partial charge in [-0.05, 0) is 32.1 Å². The molecule has 5 heteroatoms. The van der Waals surface area contributed by atoms with Crippen LogP contribution >= 0.6 is 0 Å². The van der Waals surface area contributed by atoms with Crippen LogP contribution in [0.1, 0.15) is 45.4 Å². The van der Waals surface area contributed by atoms with Crippen LogP contribution in [0.4, 0.5) is 0 Å². The Morgan fingerprint density at radius 2 is 1.94 bits per heavy atom. The van der Waals surface area contributed by atoms with Gasteiger partial charge in [-0.2, -0.15) is 0 Å². The van der Waals surface area contributed by atoms with Crippen molar-refractivity contribution in [1.29, 1.82) is 0 Å². The third-order valence-corrected chi connectivity index (χ3v) is 4.62. The molecular formula is C11H23NO3S. The first-order valence-corrected chi connectivity index (χ1v) is 7.80. The van der Waals surface area contributed by atoms with E-state index >= 15 is 0 Å². The topological polar surface area (TPSA) is 66.4 Å². The Labute approximate surface area is 98.5 Å². The van der Waals surface area contributed by atoms with Crippen LogP contribution in [0.25, 0.3) is 0 Å². The fraction of sp³-hybridized carbons (Fsp3) is 1.00. The molecule has 16 heavy (non-hydrogen) atoms. The van der Waals surface area contributed by atoms with Crippen molar-refractivity contribution in [3.05, 3.63) is 0 Å². The van der Waals surface area contributed by atoms with Gasteiger partial charge in [0.15, 0.2) is 0 Å². The molecule has 0 bridgehead atoms. The molecular weight excluding hydrogens is 226 g/mol. The zero-order valence-electron chi connectivity index (χ0n) is 9.98. The summed E-state index contributed by atoms with van der Waals surface area (Å²) >= 11 is 0. The third kappa shape index (κ3) is 5.82. The molecule has 1 atom stereocenters. The fourth-order valence-corrected chi connectivity index (χ4v) is 3.65. The summed E-state index contributed by atoms with van der Waals surface area (Å²) < 4.78 is 25.9. The predicted molar refractivity (Wildman–Crippen MR) is 64.7 cm³/mol. The van der Waals surface area contributed by atoms with E-state index < -0.39 is 16.1 Å². The van der Waals surface area contributed by atoms with Crippen LogP contribution in [0.5, 0.6) is 0 Å². The van der Waals surface area contributed by atoms with Gasteiger partial charge < -0.3 is 5.11 Å². The number of hydrogen-bond acceptors (Lipinski definition) is 3. The van der Waals surface area contributed by atoms with Gasteiger partial charge >= 0.3 is 0 Å².